The molecule has 0 radical (unpaired) electrons. The van der Waals surface area contributed by atoms with Gasteiger partial charge in [-0.15, -0.1) is 54.1 Å². The van der Waals surface area contributed by atoms with Crippen molar-refractivity contribution in [2.45, 2.75) is 19.3 Å². The summed E-state index contributed by atoms with van der Waals surface area (Å²) < 4.78 is 17.6. The Bertz CT molecular complexity index is 2280. The Labute approximate surface area is 340 Å². The van der Waals surface area contributed by atoms with Crippen molar-refractivity contribution in [1.29, 1.82) is 0 Å². The molecule has 2 aliphatic heterocycles. The first-order valence-corrected chi connectivity index (χ1v) is 16.7. The maximum Gasteiger partial charge on any atom is 4.00 e. The third kappa shape index (κ3) is 10.4. The SMILES string of the molecule is C[N+]1=C=[N+](c2[c-]c(Oc3[c-]c(-c4cc(-c5[c-]c(Oc6[c-]ccc(N7CCCCC7)c6)ccc5)[c-]cn4)ccc3)ccc2)C=C1.[C-]#Cn1cccc1.[Pt+2].[Pt+4]. The topological polar surface area (TPSA) is 45.5 Å². The van der Waals surface area contributed by atoms with Crippen LogP contribution in [0, 0.1) is 42.8 Å². The summed E-state index contributed by atoms with van der Waals surface area (Å²) in [6, 6.07) is 51.0. The van der Waals surface area contributed by atoms with Gasteiger partial charge < -0.3 is 30.3 Å². The summed E-state index contributed by atoms with van der Waals surface area (Å²) in [4.78, 5) is 6.98. The summed E-state index contributed by atoms with van der Waals surface area (Å²) in [6.45, 7) is 2.16. The molecule has 4 heterocycles. The van der Waals surface area contributed by atoms with Crippen LogP contribution in [0.15, 0.2) is 122 Å². The predicted octanol–water partition coefficient (Wildman–Crippen LogP) is 8.81. The monoisotopic (exact) mass is 1050 g/mol. The van der Waals surface area contributed by atoms with Gasteiger partial charge in [-0.2, -0.15) is 24.3 Å². The molecule has 4 aromatic carbocycles. The maximum absolute atomic E-state index is 6.57. The van der Waals surface area contributed by atoms with Crippen molar-refractivity contribution in [3.05, 3.63) is 159 Å². The Morgan fingerprint density at radius 1 is 0.755 bits per heavy atom. The fourth-order valence-electron chi connectivity index (χ4n) is 5.67. The van der Waals surface area contributed by atoms with Crippen LogP contribution < -0.4 is 14.4 Å². The number of anilines is 1. The molecule has 2 aliphatic rings. The molecule has 0 aliphatic carbocycles. The molecule has 53 heavy (non-hydrogen) atoms. The van der Waals surface area contributed by atoms with E-state index in [2.05, 4.69) is 64.4 Å². The van der Waals surface area contributed by atoms with Crippen molar-refractivity contribution in [3.8, 4) is 51.4 Å². The van der Waals surface area contributed by atoms with E-state index in [9.17, 15) is 0 Å². The molecule has 2 aromatic heterocycles. The standard InChI is InChI=1S/C38H29N4O2.C6H4N.2Pt/c1-40-21-22-42(28-40)33-12-8-16-37(27-33)44-35-14-6-10-31(24-35)38-25-30(17-18-39-38)29-9-5-13-34(23-29)43-36-15-7-11-32(26-36)41-19-3-2-4-20-41;1-2-7-5-3-4-6-7;;/h5-14,16,18,21-22,25-26H,2-4,19-20H2,1H3;3-6H;;/q-3;-1;+2;+4. The Morgan fingerprint density at radius 3 is 2.13 bits per heavy atom. The molecule has 1 saturated heterocycles. The normalized spacial score (nSPS) is 12.9. The van der Waals surface area contributed by atoms with Crippen LogP contribution in [0.1, 0.15) is 19.3 Å². The van der Waals surface area contributed by atoms with E-state index in [0.717, 1.165) is 41.2 Å². The maximum atomic E-state index is 6.57. The van der Waals surface area contributed by atoms with Crippen LogP contribution in [0.2, 0.25) is 0 Å². The Kier molecular flexibility index (Phi) is 14.0. The van der Waals surface area contributed by atoms with Crippen molar-refractivity contribution in [1.82, 2.24) is 9.55 Å². The third-order valence-corrected chi connectivity index (χ3v) is 8.18. The minimum atomic E-state index is 0. The van der Waals surface area contributed by atoms with E-state index in [1.54, 1.807) is 23.2 Å². The van der Waals surface area contributed by atoms with E-state index in [1.807, 2.05) is 107 Å². The molecular weight excluding hydrogens is 1020 g/mol. The van der Waals surface area contributed by atoms with E-state index in [4.69, 9.17) is 15.9 Å². The Balaban J connectivity index is 0.000000542. The molecule has 0 saturated carbocycles. The molecule has 0 spiro atoms. The number of piperidine rings is 1. The number of aromatic nitrogens is 2. The number of nitrogens with zero attached hydrogens (tertiary/aromatic N) is 5. The summed E-state index contributed by atoms with van der Waals surface area (Å²) in [5.74, 6) is 2.45. The van der Waals surface area contributed by atoms with Crippen molar-refractivity contribution in [2.75, 3.05) is 25.0 Å². The second-order valence-corrected chi connectivity index (χ2v) is 11.8. The molecule has 0 amide bonds. The summed E-state index contributed by atoms with van der Waals surface area (Å²) in [6.07, 6.45) is 19.4. The quantitative estimate of drug-likeness (QED) is 0.0870. The van der Waals surface area contributed by atoms with Gasteiger partial charge in [0, 0.05) is 48.5 Å². The molecule has 0 atom stereocenters. The van der Waals surface area contributed by atoms with Crippen LogP contribution in [-0.4, -0.2) is 44.8 Å². The van der Waals surface area contributed by atoms with E-state index >= 15 is 0 Å². The summed E-state index contributed by atoms with van der Waals surface area (Å²) in [7, 11) is 1.93. The molecule has 6 aromatic rings. The first kappa shape index (κ1) is 39.0. The van der Waals surface area contributed by atoms with E-state index in [0.29, 0.717) is 23.0 Å². The number of ether oxygens (including phenoxy) is 2. The van der Waals surface area contributed by atoms with Crippen LogP contribution >= 0.6 is 0 Å². The van der Waals surface area contributed by atoms with E-state index < -0.39 is 0 Å². The fourth-order valence-corrected chi connectivity index (χ4v) is 5.67. The van der Waals surface area contributed by atoms with Crippen LogP contribution in [0.25, 0.3) is 22.4 Å². The van der Waals surface area contributed by atoms with Gasteiger partial charge in [-0.25, -0.2) is 24.2 Å². The van der Waals surface area contributed by atoms with Gasteiger partial charge in [0.25, 0.3) is 6.20 Å². The number of pyridine rings is 1. The van der Waals surface area contributed by atoms with Crippen LogP contribution in [0.5, 0.6) is 23.0 Å². The second-order valence-electron chi connectivity index (χ2n) is 11.8. The van der Waals surface area contributed by atoms with Gasteiger partial charge in [0.05, 0.1) is 0 Å². The molecule has 7 nitrogen and oxygen atoms in total. The molecule has 0 N–H and O–H groups in total. The zero-order valence-corrected chi connectivity index (χ0v) is 33.3. The smallest absolute Gasteiger partial charge is 0.669 e. The molecule has 0 bridgehead atoms. The Morgan fingerprint density at radius 2 is 1.43 bits per heavy atom. The fraction of sp³-hybridized carbons (Fsp3) is 0.136. The van der Waals surface area contributed by atoms with Gasteiger partial charge in [-0.05, 0) is 31.4 Å². The van der Waals surface area contributed by atoms with Gasteiger partial charge >= 0.3 is 48.1 Å². The van der Waals surface area contributed by atoms with Crippen LogP contribution in [-0.2, 0) is 42.1 Å². The van der Waals surface area contributed by atoms with Crippen LogP contribution in [0.3, 0.4) is 0 Å². The van der Waals surface area contributed by atoms with Gasteiger partial charge in [-0.1, -0.05) is 44.9 Å². The molecule has 9 heteroatoms. The van der Waals surface area contributed by atoms with Crippen molar-refractivity contribution < 1.29 is 60.8 Å². The molecule has 264 valence electrons. The summed E-state index contributed by atoms with van der Waals surface area (Å²) in [5.41, 5.74) is 5.26. The number of rotatable bonds is 8. The Hall–Kier alpha value is -5.23. The van der Waals surface area contributed by atoms with Crippen molar-refractivity contribution in [2.24, 2.45) is 0 Å². The van der Waals surface area contributed by atoms with Gasteiger partial charge in [0.15, 0.2) is 7.05 Å². The van der Waals surface area contributed by atoms with E-state index in [-0.39, 0.29) is 42.1 Å². The molecular formula is C44H33N5O2Pt2+2. The second kappa shape index (κ2) is 19.0. The molecule has 8 rings (SSSR count). The van der Waals surface area contributed by atoms with Gasteiger partial charge in [0.2, 0.25) is 6.20 Å². The molecule has 1 fully saturated rings. The largest absolute Gasteiger partial charge is 4.00 e. The average molecular weight is 1050 g/mol. The number of hydrogen-bond acceptors (Lipinski definition) is 4. The predicted molar refractivity (Wildman–Crippen MR) is 196 cm³/mol. The zero-order chi connectivity index (χ0) is 34.8. The van der Waals surface area contributed by atoms with Crippen molar-refractivity contribution in [3.63, 3.8) is 0 Å². The summed E-state index contributed by atoms with van der Waals surface area (Å²) >= 11 is 0. The van der Waals surface area contributed by atoms with Crippen molar-refractivity contribution >= 4 is 17.4 Å². The summed E-state index contributed by atoms with van der Waals surface area (Å²) in [5, 5.41) is 0. The van der Waals surface area contributed by atoms with Gasteiger partial charge in [-0.3, -0.25) is 11.1 Å². The molecule has 0 unspecified atom stereocenters. The average Bonchev–Trinajstić information content (AvgIpc) is 3.88. The van der Waals surface area contributed by atoms with E-state index in [1.165, 1.54) is 24.9 Å². The van der Waals surface area contributed by atoms with Gasteiger partial charge in [0.1, 0.15) is 5.69 Å². The number of benzene rings is 4. The first-order chi connectivity index (χ1) is 25.1. The third-order valence-electron chi connectivity index (χ3n) is 8.18. The number of hydrogen-bond donors (Lipinski definition) is 0. The minimum Gasteiger partial charge on any atom is -0.669 e. The first-order valence-electron chi connectivity index (χ1n) is 16.7. The zero-order valence-electron chi connectivity index (χ0n) is 28.8. The minimum absolute atomic E-state index is 0. The van der Waals surface area contributed by atoms with Crippen LogP contribution in [0.4, 0.5) is 11.4 Å².